The first-order chi connectivity index (χ1) is 8.53. The van der Waals surface area contributed by atoms with E-state index in [2.05, 4.69) is 10.0 Å². The Morgan fingerprint density at radius 1 is 1.28 bits per heavy atom. The molecule has 2 N–H and O–H groups in total. The second-order valence-electron chi connectivity index (χ2n) is 4.92. The van der Waals surface area contributed by atoms with Gasteiger partial charge in [0.15, 0.2) is 0 Å². The van der Waals surface area contributed by atoms with Crippen molar-refractivity contribution in [1.82, 2.24) is 10.0 Å². The van der Waals surface area contributed by atoms with Crippen LogP contribution in [-0.2, 0) is 16.6 Å². The molecular formula is C13H20N2O2S. The number of hydrogen-bond donors (Lipinski definition) is 2. The van der Waals surface area contributed by atoms with Crippen LogP contribution >= 0.6 is 0 Å². The third kappa shape index (κ3) is 3.31. The lowest BCUT2D eigenvalue weighted by atomic mass is 10.2. The molecule has 0 amide bonds. The molecule has 4 nitrogen and oxygen atoms in total. The van der Waals surface area contributed by atoms with Crippen LogP contribution < -0.4 is 10.0 Å². The molecule has 0 bridgehead atoms. The first kappa shape index (κ1) is 13.5. The molecule has 0 heterocycles. The molecule has 1 aliphatic carbocycles. The van der Waals surface area contributed by atoms with Gasteiger partial charge in [0.05, 0.1) is 4.90 Å². The highest BCUT2D eigenvalue weighted by atomic mass is 32.2. The maximum atomic E-state index is 12.1. The Morgan fingerprint density at radius 3 is 2.39 bits per heavy atom. The van der Waals surface area contributed by atoms with Crippen molar-refractivity contribution in [2.75, 3.05) is 7.05 Å². The molecule has 0 spiro atoms. The Hall–Kier alpha value is -0.910. The maximum Gasteiger partial charge on any atom is 0.240 e. The molecular weight excluding hydrogens is 248 g/mol. The van der Waals surface area contributed by atoms with Gasteiger partial charge in [0, 0.05) is 12.6 Å². The lowest BCUT2D eigenvalue weighted by Crippen LogP contribution is -2.34. The van der Waals surface area contributed by atoms with Gasteiger partial charge >= 0.3 is 0 Å². The topological polar surface area (TPSA) is 58.2 Å². The predicted octanol–water partition coefficient (Wildman–Crippen LogP) is 1.48. The summed E-state index contributed by atoms with van der Waals surface area (Å²) < 4.78 is 27.0. The third-order valence-electron chi connectivity index (χ3n) is 3.28. The first-order valence-electron chi connectivity index (χ1n) is 6.29. The lowest BCUT2D eigenvalue weighted by molar-refractivity contribution is 0.538. The van der Waals surface area contributed by atoms with Crippen LogP contribution in [0.25, 0.3) is 0 Å². The smallest absolute Gasteiger partial charge is 0.240 e. The first-order valence-corrected chi connectivity index (χ1v) is 7.77. The fraction of sp³-hybridized carbons (Fsp3) is 0.538. The van der Waals surface area contributed by atoms with Gasteiger partial charge in [-0.25, -0.2) is 13.1 Å². The van der Waals surface area contributed by atoms with E-state index in [4.69, 9.17) is 0 Å². The zero-order valence-corrected chi connectivity index (χ0v) is 11.6. The molecule has 0 aliphatic heterocycles. The van der Waals surface area contributed by atoms with Gasteiger partial charge in [0.1, 0.15) is 0 Å². The average molecular weight is 268 g/mol. The monoisotopic (exact) mass is 268 g/mol. The minimum atomic E-state index is -3.37. The maximum absolute atomic E-state index is 12.1. The van der Waals surface area contributed by atoms with Crippen molar-refractivity contribution in [1.29, 1.82) is 0 Å². The summed E-state index contributed by atoms with van der Waals surface area (Å²) in [5.41, 5.74) is 1.08. The number of benzene rings is 1. The summed E-state index contributed by atoms with van der Waals surface area (Å²) in [5.74, 6) is 0.517. The molecule has 5 heteroatoms. The summed E-state index contributed by atoms with van der Waals surface area (Å²) in [7, 11) is -1.50. The molecule has 1 aromatic rings. The van der Waals surface area contributed by atoms with E-state index in [1.807, 2.05) is 26.1 Å². The Labute approximate surface area is 109 Å². The zero-order valence-electron chi connectivity index (χ0n) is 10.8. The Balaban J connectivity index is 2.08. The highest BCUT2D eigenvalue weighted by Gasteiger charge is 2.31. The SMILES string of the molecule is CNCc1ccc(S(=O)(=O)NC(C)C2CC2)cc1. The fourth-order valence-corrected chi connectivity index (χ4v) is 3.31. The second kappa shape index (κ2) is 5.38. The van der Waals surface area contributed by atoms with Crippen molar-refractivity contribution in [3.63, 3.8) is 0 Å². The van der Waals surface area contributed by atoms with Crippen LogP contribution in [0.5, 0.6) is 0 Å². The normalized spacial score (nSPS) is 17.7. The largest absolute Gasteiger partial charge is 0.316 e. The van der Waals surface area contributed by atoms with Crippen LogP contribution in [0.4, 0.5) is 0 Å². The van der Waals surface area contributed by atoms with E-state index < -0.39 is 10.0 Å². The summed E-state index contributed by atoms with van der Waals surface area (Å²) in [5, 5.41) is 3.03. The Morgan fingerprint density at radius 2 is 1.89 bits per heavy atom. The molecule has 0 saturated heterocycles. The van der Waals surface area contributed by atoms with Crippen LogP contribution in [0.1, 0.15) is 25.3 Å². The Bertz CT molecular complexity index is 492. The molecule has 18 heavy (non-hydrogen) atoms. The minimum Gasteiger partial charge on any atom is -0.316 e. The van der Waals surface area contributed by atoms with E-state index in [0.717, 1.165) is 24.9 Å². The van der Waals surface area contributed by atoms with Crippen LogP contribution in [-0.4, -0.2) is 21.5 Å². The number of nitrogens with one attached hydrogen (secondary N) is 2. The molecule has 2 rings (SSSR count). The van der Waals surface area contributed by atoms with Crippen LogP contribution in [0, 0.1) is 5.92 Å². The van der Waals surface area contributed by atoms with Gasteiger partial charge in [0.2, 0.25) is 10.0 Å². The number of rotatable bonds is 6. The molecule has 1 aliphatic rings. The van der Waals surface area contributed by atoms with Gasteiger partial charge in [-0.3, -0.25) is 0 Å². The van der Waals surface area contributed by atoms with Crippen molar-refractivity contribution < 1.29 is 8.42 Å². The standard InChI is InChI=1S/C13H20N2O2S/c1-10(12-5-6-12)15-18(16,17)13-7-3-11(4-8-13)9-14-2/h3-4,7-8,10,12,14-15H,5-6,9H2,1-2H3. The molecule has 1 unspecified atom stereocenters. The van der Waals surface area contributed by atoms with Crippen molar-refractivity contribution in [2.45, 2.75) is 37.2 Å². The quantitative estimate of drug-likeness (QED) is 0.821. The molecule has 1 atom stereocenters. The fourth-order valence-electron chi connectivity index (χ4n) is 2.00. The second-order valence-corrected chi connectivity index (χ2v) is 6.64. The molecule has 1 fully saturated rings. The molecule has 1 aromatic carbocycles. The van der Waals surface area contributed by atoms with Gasteiger partial charge < -0.3 is 5.32 Å². The van der Waals surface area contributed by atoms with Crippen molar-refractivity contribution >= 4 is 10.0 Å². The van der Waals surface area contributed by atoms with Gasteiger partial charge in [-0.1, -0.05) is 12.1 Å². The molecule has 0 aromatic heterocycles. The van der Waals surface area contributed by atoms with Crippen molar-refractivity contribution in [2.24, 2.45) is 5.92 Å². The van der Waals surface area contributed by atoms with Gasteiger partial charge in [-0.15, -0.1) is 0 Å². The van der Waals surface area contributed by atoms with E-state index in [1.54, 1.807) is 12.1 Å². The average Bonchev–Trinajstić information content (AvgIpc) is 3.13. The summed E-state index contributed by atoms with van der Waals surface area (Å²) >= 11 is 0. The van der Waals surface area contributed by atoms with Crippen molar-refractivity contribution in [3.05, 3.63) is 29.8 Å². The van der Waals surface area contributed by atoms with Gasteiger partial charge in [-0.05, 0) is 50.4 Å². The lowest BCUT2D eigenvalue weighted by Gasteiger charge is -2.13. The molecule has 1 saturated carbocycles. The number of hydrogen-bond acceptors (Lipinski definition) is 3. The van der Waals surface area contributed by atoms with Crippen LogP contribution in [0.15, 0.2) is 29.2 Å². The van der Waals surface area contributed by atoms with E-state index in [9.17, 15) is 8.42 Å². The summed E-state index contributed by atoms with van der Waals surface area (Å²) in [4.78, 5) is 0.342. The predicted molar refractivity (Wildman–Crippen MR) is 71.7 cm³/mol. The summed E-state index contributed by atoms with van der Waals surface area (Å²) in [6.07, 6.45) is 2.26. The summed E-state index contributed by atoms with van der Waals surface area (Å²) in [6, 6.07) is 7.04. The Kier molecular flexibility index (Phi) is 4.04. The van der Waals surface area contributed by atoms with E-state index in [1.165, 1.54) is 0 Å². The summed E-state index contributed by atoms with van der Waals surface area (Å²) in [6.45, 7) is 2.68. The molecule has 0 radical (unpaired) electrons. The van der Waals surface area contributed by atoms with Crippen LogP contribution in [0.2, 0.25) is 0 Å². The minimum absolute atomic E-state index is 0.0342. The van der Waals surface area contributed by atoms with E-state index >= 15 is 0 Å². The highest BCUT2D eigenvalue weighted by Crippen LogP contribution is 2.32. The zero-order chi connectivity index (χ0) is 13.2. The van der Waals surface area contributed by atoms with Gasteiger partial charge in [-0.2, -0.15) is 0 Å². The van der Waals surface area contributed by atoms with E-state index in [-0.39, 0.29) is 6.04 Å². The van der Waals surface area contributed by atoms with Crippen LogP contribution in [0.3, 0.4) is 0 Å². The number of sulfonamides is 1. The van der Waals surface area contributed by atoms with Gasteiger partial charge in [0.25, 0.3) is 0 Å². The molecule has 100 valence electrons. The third-order valence-corrected chi connectivity index (χ3v) is 4.86. The van der Waals surface area contributed by atoms with E-state index in [0.29, 0.717) is 10.8 Å². The highest BCUT2D eigenvalue weighted by molar-refractivity contribution is 7.89. The van der Waals surface area contributed by atoms with Crippen molar-refractivity contribution in [3.8, 4) is 0 Å².